The first-order valence-corrected chi connectivity index (χ1v) is 9.99. The lowest BCUT2D eigenvalue weighted by atomic mass is 10.00. The SMILES string of the molecule is O=c1c(-c2ccc(Cl)cc2Cl)c(C(F)(F)F)oc2c(CN3CCCC3)c(O)ccc12. The van der Waals surface area contributed by atoms with E-state index in [1.807, 2.05) is 4.90 Å². The standard InChI is InChI=1S/C21H16Cl2F3NO3/c22-11-3-4-12(15(23)9-11)17-18(29)13-5-6-16(28)14(10-27-7-1-2-8-27)19(13)30-20(17)21(24,25)26/h3-6,9,28H,1-2,7-8,10H2. The zero-order valence-electron chi connectivity index (χ0n) is 15.5. The van der Waals surface area contributed by atoms with Crippen LogP contribution in [0.2, 0.25) is 10.0 Å². The van der Waals surface area contributed by atoms with Crippen LogP contribution in [-0.2, 0) is 12.7 Å². The Morgan fingerprint density at radius 2 is 1.80 bits per heavy atom. The number of halogens is 5. The number of rotatable bonds is 3. The third-order valence-electron chi connectivity index (χ3n) is 5.18. The van der Waals surface area contributed by atoms with Crippen LogP contribution in [0.25, 0.3) is 22.1 Å². The summed E-state index contributed by atoms with van der Waals surface area (Å²) < 4.78 is 47.0. The van der Waals surface area contributed by atoms with Gasteiger partial charge < -0.3 is 9.52 Å². The Morgan fingerprint density at radius 1 is 1.10 bits per heavy atom. The Morgan fingerprint density at radius 3 is 2.43 bits per heavy atom. The molecule has 2 heterocycles. The molecule has 0 amide bonds. The highest BCUT2D eigenvalue weighted by Crippen LogP contribution is 2.41. The second kappa shape index (κ2) is 7.80. The van der Waals surface area contributed by atoms with E-state index in [0.29, 0.717) is 0 Å². The summed E-state index contributed by atoms with van der Waals surface area (Å²) in [4.78, 5) is 15.2. The number of hydrogen-bond acceptors (Lipinski definition) is 4. The minimum absolute atomic E-state index is 0.0592. The van der Waals surface area contributed by atoms with Crippen LogP contribution in [0.4, 0.5) is 13.2 Å². The van der Waals surface area contributed by atoms with E-state index in [2.05, 4.69) is 0 Å². The van der Waals surface area contributed by atoms with Gasteiger partial charge in [-0.15, -0.1) is 0 Å². The third-order valence-corrected chi connectivity index (χ3v) is 5.72. The zero-order chi connectivity index (χ0) is 21.6. The summed E-state index contributed by atoms with van der Waals surface area (Å²) >= 11 is 11.9. The number of phenolic OH excluding ortho intramolecular Hbond substituents is 1. The average Bonchev–Trinajstić information content (AvgIpc) is 3.17. The molecule has 1 aliphatic rings. The predicted molar refractivity (Wildman–Crippen MR) is 109 cm³/mol. The van der Waals surface area contributed by atoms with Gasteiger partial charge >= 0.3 is 6.18 Å². The maximum atomic E-state index is 13.9. The molecule has 0 bridgehead atoms. The Hall–Kier alpha value is -2.22. The maximum Gasteiger partial charge on any atom is 0.450 e. The van der Waals surface area contributed by atoms with Gasteiger partial charge in [0.15, 0.2) is 0 Å². The number of likely N-dealkylation sites (tertiary alicyclic amines) is 1. The van der Waals surface area contributed by atoms with Gasteiger partial charge in [-0.2, -0.15) is 13.2 Å². The quantitative estimate of drug-likeness (QED) is 0.517. The van der Waals surface area contributed by atoms with E-state index in [0.717, 1.165) is 25.9 Å². The molecule has 4 nitrogen and oxygen atoms in total. The van der Waals surface area contributed by atoms with Crippen LogP contribution in [0.1, 0.15) is 24.2 Å². The Bertz CT molecular complexity index is 1180. The van der Waals surface area contributed by atoms with Gasteiger partial charge in [-0.05, 0) is 50.2 Å². The Labute approximate surface area is 179 Å². The number of alkyl halides is 3. The second-order valence-electron chi connectivity index (χ2n) is 7.18. The fourth-order valence-electron chi connectivity index (χ4n) is 3.76. The number of nitrogens with zero attached hydrogens (tertiary/aromatic N) is 1. The molecule has 158 valence electrons. The van der Waals surface area contributed by atoms with Gasteiger partial charge in [-0.3, -0.25) is 9.69 Å². The van der Waals surface area contributed by atoms with E-state index in [4.69, 9.17) is 27.6 Å². The summed E-state index contributed by atoms with van der Waals surface area (Å²) in [6, 6.07) is 6.42. The van der Waals surface area contributed by atoms with Gasteiger partial charge in [0.05, 0.1) is 21.5 Å². The van der Waals surface area contributed by atoms with E-state index >= 15 is 0 Å². The van der Waals surface area contributed by atoms with Crippen LogP contribution in [0, 0.1) is 0 Å². The summed E-state index contributed by atoms with van der Waals surface area (Å²) in [6.07, 6.45) is -3.03. The summed E-state index contributed by atoms with van der Waals surface area (Å²) in [7, 11) is 0. The first-order valence-electron chi connectivity index (χ1n) is 9.23. The molecule has 30 heavy (non-hydrogen) atoms. The molecular formula is C21H16Cl2F3NO3. The number of benzene rings is 2. The molecule has 4 rings (SSSR count). The van der Waals surface area contributed by atoms with E-state index < -0.39 is 22.9 Å². The fourth-order valence-corrected chi connectivity index (χ4v) is 4.26. The predicted octanol–water partition coefficient (Wildman–Crippen LogP) is 6.09. The zero-order valence-corrected chi connectivity index (χ0v) is 17.0. The monoisotopic (exact) mass is 457 g/mol. The minimum atomic E-state index is -4.96. The summed E-state index contributed by atoms with van der Waals surface area (Å²) in [5.41, 5.74) is -1.80. The topological polar surface area (TPSA) is 53.7 Å². The Balaban J connectivity index is 2.03. The van der Waals surface area contributed by atoms with Crippen molar-refractivity contribution in [2.45, 2.75) is 25.6 Å². The van der Waals surface area contributed by atoms with Crippen molar-refractivity contribution in [2.75, 3.05) is 13.1 Å². The van der Waals surface area contributed by atoms with Crippen molar-refractivity contribution in [3.8, 4) is 16.9 Å². The highest BCUT2D eigenvalue weighted by molar-refractivity contribution is 6.36. The van der Waals surface area contributed by atoms with Gasteiger partial charge in [-0.25, -0.2) is 0 Å². The Kier molecular flexibility index (Phi) is 5.46. The maximum absolute atomic E-state index is 13.9. The lowest BCUT2D eigenvalue weighted by molar-refractivity contribution is -0.152. The smallest absolute Gasteiger partial charge is 0.450 e. The number of aromatic hydroxyl groups is 1. The molecule has 9 heteroatoms. The van der Waals surface area contributed by atoms with Crippen LogP contribution in [0.15, 0.2) is 39.5 Å². The fraction of sp³-hybridized carbons (Fsp3) is 0.286. The molecule has 1 aliphatic heterocycles. The molecule has 1 saturated heterocycles. The molecule has 1 fully saturated rings. The van der Waals surface area contributed by atoms with Crippen LogP contribution in [0.5, 0.6) is 5.75 Å². The van der Waals surface area contributed by atoms with Gasteiger partial charge in [0.25, 0.3) is 0 Å². The number of fused-ring (bicyclic) bond motifs is 1. The highest BCUT2D eigenvalue weighted by Gasteiger charge is 2.40. The van der Waals surface area contributed by atoms with Crippen molar-refractivity contribution in [3.63, 3.8) is 0 Å². The molecular weight excluding hydrogens is 442 g/mol. The van der Waals surface area contributed by atoms with Gasteiger partial charge in [0.2, 0.25) is 11.2 Å². The highest BCUT2D eigenvalue weighted by atomic mass is 35.5. The molecule has 0 saturated carbocycles. The van der Waals surface area contributed by atoms with E-state index in [9.17, 15) is 23.1 Å². The third kappa shape index (κ3) is 3.77. The van der Waals surface area contributed by atoms with Crippen molar-refractivity contribution in [1.29, 1.82) is 0 Å². The molecule has 0 radical (unpaired) electrons. The van der Waals surface area contributed by atoms with Gasteiger partial charge in [0.1, 0.15) is 11.3 Å². The molecule has 0 aliphatic carbocycles. The second-order valence-corrected chi connectivity index (χ2v) is 8.02. The van der Waals surface area contributed by atoms with Crippen LogP contribution in [0.3, 0.4) is 0 Å². The van der Waals surface area contributed by atoms with Crippen molar-refractivity contribution >= 4 is 34.2 Å². The molecule has 1 N–H and O–H groups in total. The lowest BCUT2D eigenvalue weighted by Crippen LogP contribution is -2.20. The van der Waals surface area contributed by atoms with Gasteiger partial charge in [-0.1, -0.05) is 29.3 Å². The first kappa shape index (κ1) is 21.0. The average molecular weight is 458 g/mol. The number of hydrogen-bond donors (Lipinski definition) is 1. The van der Waals surface area contributed by atoms with E-state index in [-0.39, 0.29) is 44.4 Å². The van der Waals surface area contributed by atoms with E-state index in [1.54, 1.807) is 0 Å². The van der Waals surface area contributed by atoms with Gasteiger partial charge in [0, 0.05) is 17.1 Å². The molecule has 3 aromatic rings. The number of phenols is 1. The largest absolute Gasteiger partial charge is 0.507 e. The van der Waals surface area contributed by atoms with Crippen molar-refractivity contribution in [1.82, 2.24) is 4.90 Å². The molecule has 0 unspecified atom stereocenters. The van der Waals surface area contributed by atoms with Crippen molar-refractivity contribution < 1.29 is 22.7 Å². The molecule has 0 spiro atoms. The van der Waals surface area contributed by atoms with Crippen LogP contribution in [-0.4, -0.2) is 23.1 Å². The van der Waals surface area contributed by atoms with Crippen LogP contribution >= 0.6 is 23.2 Å². The van der Waals surface area contributed by atoms with E-state index in [1.165, 1.54) is 30.3 Å². The molecule has 2 aromatic carbocycles. The molecule has 1 aromatic heterocycles. The summed E-state index contributed by atoms with van der Waals surface area (Å²) in [5.74, 6) is -1.68. The minimum Gasteiger partial charge on any atom is -0.507 e. The van der Waals surface area contributed by atoms with Crippen molar-refractivity contribution in [2.24, 2.45) is 0 Å². The lowest BCUT2D eigenvalue weighted by Gasteiger charge is -2.19. The normalized spacial score (nSPS) is 15.2. The summed E-state index contributed by atoms with van der Waals surface area (Å²) in [6.45, 7) is 1.69. The first-order chi connectivity index (χ1) is 14.2. The molecule has 0 atom stereocenters. The van der Waals surface area contributed by atoms with Crippen LogP contribution < -0.4 is 5.43 Å². The van der Waals surface area contributed by atoms with Crippen molar-refractivity contribution in [3.05, 3.63) is 61.9 Å². The summed E-state index contributed by atoms with van der Waals surface area (Å²) in [5, 5.41) is 10.4.